The molecule has 26 heavy (non-hydrogen) atoms. The Morgan fingerprint density at radius 1 is 0.923 bits per heavy atom. The lowest BCUT2D eigenvalue weighted by molar-refractivity contribution is 0.468. The highest BCUT2D eigenvalue weighted by atomic mass is 19.1. The fraction of sp³-hybridized carbons (Fsp3) is 0.143. The molecule has 2 nitrogen and oxygen atoms in total. The van der Waals surface area contributed by atoms with Crippen molar-refractivity contribution in [3.8, 4) is 16.9 Å². The second-order valence-corrected chi connectivity index (χ2v) is 6.20. The molecule has 5 heteroatoms. The maximum Gasteiger partial charge on any atom is 0.149 e. The Hall–Kier alpha value is -2.95. The third-order valence-corrected chi connectivity index (χ3v) is 4.34. The van der Waals surface area contributed by atoms with Crippen molar-refractivity contribution in [2.24, 2.45) is 0 Å². The fourth-order valence-electron chi connectivity index (χ4n) is 2.82. The lowest BCUT2D eigenvalue weighted by Crippen LogP contribution is -2.06. The van der Waals surface area contributed by atoms with Crippen LogP contribution in [0.5, 0.6) is 5.75 Å². The van der Waals surface area contributed by atoms with Crippen molar-refractivity contribution >= 4 is 5.69 Å². The van der Waals surface area contributed by atoms with Crippen LogP contribution in [0.3, 0.4) is 0 Å². The zero-order chi connectivity index (χ0) is 18.8. The zero-order valence-corrected chi connectivity index (χ0v) is 14.4. The minimum atomic E-state index is -0.484. The summed E-state index contributed by atoms with van der Waals surface area (Å²) in [6, 6.07) is 11.8. The maximum absolute atomic E-state index is 14.3. The molecule has 0 aliphatic rings. The van der Waals surface area contributed by atoms with Crippen LogP contribution in [0.15, 0.2) is 48.5 Å². The molecule has 0 saturated heterocycles. The Bertz CT molecular complexity index is 943. The number of benzene rings is 3. The molecule has 0 aliphatic heterocycles. The van der Waals surface area contributed by atoms with Crippen molar-refractivity contribution in [3.63, 3.8) is 0 Å². The Labute approximate surface area is 149 Å². The summed E-state index contributed by atoms with van der Waals surface area (Å²) in [4.78, 5) is 0. The summed E-state index contributed by atoms with van der Waals surface area (Å²) in [5.41, 5.74) is 2.39. The van der Waals surface area contributed by atoms with Crippen molar-refractivity contribution in [2.45, 2.75) is 20.4 Å². The highest BCUT2D eigenvalue weighted by molar-refractivity contribution is 5.65. The van der Waals surface area contributed by atoms with Crippen LogP contribution in [0.2, 0.25) is 0 Å². The van der Waals surface area contributed by atoms with Crippen molar-refractivity contribution in [1.29, 1.82) is 0 Å². The number of aromatic hydroxyl groups is 1. The lowest BCUT2D eigenvalue weighted by atomic mass is 10.0. The largest absolute Gasteiger partial charge is 0.508 e. The van der Waals surface area contributed by atoms with E-state index in [9.17, 15) is 18.3 Å². The number of hydrogen-bond acceptors (Lipinski definition) is 2. The molecular formula is C21H18F3NO. The maximum atomic E-state index is 14.3. The number of nitrogens with one attached hydrogen (secondary N) is 1. The zero-order valence-electron chi connectivity index (χ0n) is 14.4. The summed E-state index contributed by atoms with van der Waals surface area (Å²) in [5.74, 6) is -1.34. The summed E-state index contributed by atoms with van der Waals surface area (Å²) in [5, 5.41) is 12.7. The van der Waals surface area contributed by atoms with Crippen LogP contribution in [0.4, 0.5) is 18.9 Å². The molecule has 0 unspecified atom stereocenters. The van der Waals surface area contributed by atoms with Crippen molar-refractivity contribution in [2.75, 3.05) is 5.32 Å². The minimum absolute atomic E-state index is 0.0235. The van der Waals surface area contributed by atoms with Crippen molar-refractivity contribution < 1.29 is 18.3 Å². The average Bonchev–Trinajstić information content (AvgIpc) is 2.61. The molecule has 0 amide bonds. The van der Waals surface area contributed by atoms with Gasteiger partial charge in [-0.1, -0.05) is 18.2 Å². The highest BCUT2D eigenvalue weighted by Crippen LogP contribution is 2.31. The van der Waals surface area contributed by atoms with Gasteiger partial charge in [-0.05, 0) is 60.9 Å². The molecule has 0 fully saturated rings. The van der Waals surface area contributed by atoms with Gasteiger partial charge >= 0.3 is 0 Å². The Morgan fingerprint density at radius 2 is 1.65 bits per heavy atom. The predicted molar refractivity (Wildman–Crippen MR) is 96.7 cm³/mol. The third kappa shape index (κ3) is 3.52. The van der Waals surface area contributed by atoms with E-state index in [2.05, 4.69) is 5.32 Å². The number of hydrogen-bond donors (Lipinski definition) is 2. The van der Waals surface area contributed by atoms with E-state index in [1.807, 2.05) is 0 Å². The lowest BCUT2D eigenvalue weighted by Gasteiger charge is -2.15. The van der Waals surface area contributed by atoms with Crippen molar-refractivity contribution in [1.82, 2.24) is 0 Å². The van der Waals surface area contributed by atoms with Gasteiger partial charge in [0.25, 0.3) is 0 Å². The first-order chi connectivity index (χ1) is 12.4. The second-order valence-electron chi connectivity index (χ2n) is 6.20. The summed E-state index contributed by atoms with van der Waals surface area (Å²) >= 11 is 0. The normalized spacial score (nSPS) is 10.8. The van der Waals surface area contributed by atoms with Crippen LogP contribution in [-0.2, 0) is 6.54 Å². The molecule has 2 N–H and O–H groups in total. The Morgan fingerprint density at radius 3 is 2.38 bits per heavy atom. The Balaban J connectivity index is 1.91. The van der Waals surface area contributed by atoms with Crippen LogP contribution in [0.25, 0.3) is 11.1 Å². The highest BCUT2D eigenvalue weighted by Gasteiger charge is 2.14. The molecule has 0 aromatic heterocycles. The van der Waals surface area contributed by atoms with Gasteiger partial charge in [-0.2, -0.15) is 0 Å². The van der Waals surface area contributed by atoms with Crippen LogP contribution in [0.1, 0.15) is 16.7 Å². The first-order valence-electron chi connectivity index (χ1n) is 8.13. The van der Waals surface area contributed by atoms with Gasteiger partial charge in [0.2, 0.25) is 0 Å². The standard InChI is InChI=1S/C21H18F3NO/c1-12-8-19(26)13(2)21(20(12)24)25-11-16-9-15(6-7-18(16)23)14-4-3-5-17(22)10-14/h3-10,25-26H,11H2,1-2H3. The first kappa shape index (κ1) is 17.9. The monoisotopic (exact) mass is 357 g/mol. The Kier molecular flexibility index (Phi) is 4.89. The van der Waals surface area contributed by atoms with Crippen LogP contribution in [-0.4, -0.2) is 5.11 Å². The third-order valence-electron chi connectivity index (χ3n) is 4.34. The van der Waals surface area contributed by atoms with Crippen molar-refractivity contribution in [3.05, 3.63) is 82.7 Å². The quantitative estimate of drug-likeness (QED) is 0.627. The molecule has 0 radical (unpaired) electrons. The van der Waals surface area contributed by atoms with Crippen LogP contribution >= 0.6 is 0 Å². The van der Waals surface area contributed by atoms with Gasteiger partial charge in [-0.25, -0.2) is 13.2 Å². The summed E-state index contributed by atoms with van der Waals surface area (Å²) in [6.07, 6.45) is 0. The molecule has 0 heterocycles. The minimum Gasteiger partial charge on any atom is -0.508 e. The molecule has 0 saturated carbocycles. The molecule has 0 spiro atoms. The smallest absolute Gasteiger partial charge is 0.149 e. The average molecular weight is 357 g/mol. The van der Waals surface area contributed by atoms with E-state index < -0.39 is 11.6 Å². The number of phenols is 1. The molecular weight excluding hydrogens is 339 g/mol. The topological polar surface area (TPSA) is 32.3 Å². The van der Waals surface area contributed by atoms with E-state index in [0.29, 0.717) is 27.8 Å². The second kappa shape index (κ2) is 7.12. The number of rotatable bonds is 4. The van der Waals surface area contributed by atoms with Gasteiger partial charge in [0.1, 0.15) is 23.2 Å². The summed E-state index contributed by atoms with van der Waals surface area (Å²) < 4.78 is 41.9. The number of phenolic OH excluding ortho intramolecular Hbond substituents is 1. The molecule has 3 rings (SSSR count). The van der Waals surface area contributed by atoms with E-state index in [0.717, 1.165) is 0 Å². The van der Waals surface area contributed by atoms with E-state index in [-0.39, 0.29) is 23.8 Å². The van der Waals surface area contributed by atoms with Gasteiger partial charge in [0.15, 0.2) is 0 Å². The van der Waals surface area contributed by atoms with Gasteiger partial charge < -0.3 is 10.4 Å². The molecule has 0 atom stereocenters. The van der Waals surface area contributed by atoms with E-state index in [4.69, 9.17) is 0 Å². The van der Waals surface area contributed by atoms with Gasteiger partial charge in [0.05, 0.1) is 5.69 Å². The van der Waals surface area contributed by atoms with Crippen LogP contribution in [0, 0.1) is 31.3 Å². The fourth-order valence-corrected chi connectivity index (χ4v) is 2.82. The van der Waals surface area contributed by atoms with Crippen LogP contribution < -0.4 is 5.32 Å². The number of aryl methyl sites for hydroxylation is 1. The summed E-state index contributed by atoms with van der Waals surface area (Å²) in [7, 11) is 0. The van der Waals surface area contributed by atoms with E-state index in [1.165, 1.54) is 24.3 Å². The SMILES string of the molecule is Cc1cc(O)c(C)c(NCc2cc(-c3cccc(F)c3)ccc2F)c1F. The van der Waals surface area contributed by atoms with Gasteiger partial charge in [-0.15, -0.1) is 0 Å². The molecule has 3 aromatic carbocycles. The predicted octanol–water partition coefficient (Wildman–Crippen LogP) is 5.71. The first-order valence-corrected chi connectivity index (χ1v) is 8.13. The molecule has 0 aliphatic carbocycles. The summed E-state index contributed by atoms with van der Waals surface area (Å²) in [6.45, 7) is 3.15. The molecule has 134 valence electrons. The number of anilines is 1. The van der Waals surface area contributed by atoms with E-state index >= 15 is 0 Å². The molecule has 3 aromatic rings. The van der Waals surface area contributed by atoms with Gasteiger partial charge in [-0.3, -0.25) is 0 Å². The van der Waals surface area contributed by atoms with E-state index in [1.54, 1.807) is 38.1 Å². The molecule has 0 bridgehead atoms. The van der Waals surface area contributed by atoms with Gasteiger partial charge in [0, 0.05) is 17.7 Å². The number of halogens is 3.